The molecular formula is C9H16F2N4O. The maximum absolute atomic E-state index is 12.4. The number of aryl methyl sites for hydroxylation is 2. The van der Waals surface area contributed by atoms with Crippen molar-refractivity contribution in [3.8, 4) is 0 Å². The summed E-state index contributed by atoms with van der Waals surface area (Å²) in [5, 5.41) is 12.9. The van der Waals surface area contributed by atoms with Gasteiger partial charge in [0.1, 0.15) is 0 Å². The second-order valence-corrected chi connectivity index (χ2v) is 3.51. The van der Waals surface area contributed by atoms with Gasteiger partial charge in [-0.05, 0) is 6.92 Å². The molecule has 0 saturated heterocycles. The SMILES string of the molecule is Cc1nn(C)c(N(CCO)CC(F)F)c1N. The van der Waals surface area contributed by atoms with E-state index in [1.165, 1.54) is 9.58 Å². The number of rotatable bonds is 5. The first-order chi connectivity index (χ1) is 7.47. The maximum atomic E-state index is 12.4. The molecule has 7 heteroatoms. The standard InChI is InChI=1S/C9H16F2N4O/c1-6-8(12)9(14(2)13-6)15(3-4-16)5-7(10)11/h7,16H,3-5,12H2,1-2H3. The highest BCUT2D eigenvalue weighted by Gasteiger charge is 2.20. The number of nitrogens with zero attached hydrogens (tertiary/aromatic N) is 3. The van der Waals surface area contributed by atoms with Crippen molar-refractivity contribution >= 4 is 11.5 Å². The third kappa shape index (κ3) is 2.60. The van der Waals surface area contributed by atoms with E-state index in [1.807, 2.05) is 0 Å². The molecule has 1 aromatic rings. The van der Waals surface area contributed by atoms with Gasteiger partial charge in [-0.3, -0.25) is 4.68 Å². The average molecular weight is 234 g/mol. The number of nitrogens with two attached hydrogens (primary N) is 1. The molecule has 0 atom stereocenters. The Balaban J connectivity index is 3.00. The molecule has 3 N–H and O–H groups in total. The number of nitrogen functional groups attached to an aromatic ring is 1. The lowest BCUT2D eigenvalue weighted by molar-refractivity contribution is 0.152. The lowest BCUT2D eigenvalue weighted by atomic mass is 10.3. The Kier molecular flexibility index (Phi) is 4.05. The average Bonchev–Trinajstić information content (AvgIpc) is 2.40. The molecule has 92 valence electrons. The lowest BCUT2D eigenvalue weighted by Crippen LogP contribution is -2.33. The van der Waals surface area contributed by atoms with Crippen molar-refractivity contribution in [2.75, 3.05) is 30.3 Å². The van der Waals surface area contributed by atoms with Crippen LogP contribution < -0.4 is 10.6 Å². The topological polar surface area (TPSA) is 67.3 Å². The van der Waals surface area contributed by atoms with Crippen molar-refractivity contribution in [3.05, 3.63) is 5.69 Å². The van der Waals surface area contributed by atoms with Crippen LogP contribution in [-0.4, -0.2) is 41.0 Å². The number of hydrogen-bond donors (Lipinski definition) is 2. The number of aliphatic hydroxyl groups is 1. The first kappa shape index (κ1) is 12.7. The van der Waals surface area contributed by atoms with E-state index in [2.05, 4.69) is 5.10 Å². The molecule has 0 aliphatic rings. The molecule has 1 heterocycles. The Bertz CT molecular complexity index is 354. The van der Waals surface area contributed by atoms with E-state index in [9.17, 15) is 8.78 Å². The zero-order valence-electron chi connectivity index (χ0n) is 9.32. The van der Waals surface area contributed by atoms with Crippen LogP contribution >= 0.6 is 0 Å². The highest BCUT2D eigenvalue weighted by atomic mass is 19.3. The smallest absolute Gasteiger partial charge is 0.255 e. The fourth-order valence-corrected chi connectivity index (χ4v) is 1.61. The first-order valence-corrected chi connectivity index (χ1v) is 4.90. The number of aliphatic hydroxyl groups excluding tert-OH is 1. The molecule has 0 spiro atoms. The van der Waals surface area contributed by atoms with Gasteiger partial charge in [0, 0.05) is 13.6 Å². The van der Waals surface area contributed by atoms with E-state index in [4.69, 9.17) is 10.8 Å². The van der Waals surface area contributed by atoms with Crippen LogP contribution in [0.4, 0.5) is 20.3 Å². The molecule has 1 rings (SSSR count). The van der Waals surface area contributed by atoms with Crippen molar-refractivity contribution in [3.63, 3.8) is 0 Å². The van der Waals surface area contributed by atoms with Crippen LogP contribution in [0, 0.1) is 6.92 Å². The van der Waals surface area contributed by atoms with E-state index in [1.54, 1.807) is 14.0 Å². The summed E-state index contributed by atoms with van der Waals surface area (Å²) in [6.07, 6.45) is -2.49. The predicted molar refractivity (Wildman–Crippen MR) is 57.7 cm³/mol. The van der Waals surface area contributed by atoms with Gasteiger partial charge in [0.25, 0.3) is 6.43 Å². The summed E-state index contributed by atoms with van der Waals surface area (Å²) in [5.41, 5.74) is 6.72. The third-order valence-corrected chi connectivity index (χ3v) is 2.27. The summed E-state index contributed by atoms with van der Waals surface area (Å²) in [6, 6.07) is 0. The molecule has 1 aromatic heterocycles. The van der Waals surface area contributed by atoms with Gasteiger partial charge in [-0.2, -0.15) is 5.10 Å². The molecule has 0 radical (unpaired) electrons. The zero-order valence-corrected chi connectivity index (χ0v) is 9.32. The molecule has 0 aromatic carbocycles. The normalized spacial score (nSPS) is 11.1. The molecule has 16 heavy (non-hydrogen) atoms. The summed E-state index contributed by atoms with van der Waals surface area (Å²) < 4.78 is 26.2. The third-order valence-electron chi connectivity index (χ3n) is 2.27. The number of hydrogen-bond acceptors (Lipinski definition) is 4. The van der Waals surface area contributed by atoms with E-state index < -0.39 is 13.0 Å². The molecule has 0 aliphatic carbocycles. The van der Waals surface area contributed by atoms with Crippen LogP contribution in [-0.2, 0) is 7.05 Å². The van der Waals surface area contributed by atoms with E-state index in [-0.39, 0.29) is 13.2 Å². The highest BCUT2D eigenvalue weighted by Crippen LogP contribution is 2.25. The van der Waals surface area contributed by atoms with Crippen molar-refractivity contribution < 1.29 is 13.9 Å². The fraction of sp³-hybridized carbons (Fsp3) is 0.667. The van der Waals surface area contributed by atoms with Crippen molar-refractivity contribution in [1.29, 1.82) is 0 Å². The maximum Gasteiger partial charge on any atom is 0.255 e. The molecule has 0 bridgehead atoms. The Morgan fingerprint density at radius 1 is 1.56 bits per heavy atom. The first-order valence-electron chi connectivity index (χ1n) is 4.90. The molecule has 0 fully saturated rings. The second-order valence-electron chi connectivity index (χ2n) is 3.51. The minimum absolute atomic E-state index is 0.105. The van der Waals surface area contributed by atoms with Gasteiger partial charge in [0.15, 0.2) is 5.82 Å². The minimum Gasteiger partial charge on any atom is -0.395 e. The van der Waals surface area contributed by atoms with Crippen molar-refractivity contribution in [1.82, 2.24) is 9.78 Å². The largest absolute Gasteiger partial charge is 0.395 e. The molecule has 5 nitrogen and oxygen atoms in total. The van der Waals surface area contributed by atoms with Gasteiger partial charge >= 0.3 is 0 Å². The summed E-state index contributed by atoms with van der Waals surface area (Å²) >= 11 is 0. The zero-order chi connectivity index (χ0) is 12.3. The van der Waals surface area contributed by atoms with Crippen LogP contribution in [0.3, 0.4) is 0 Å². The number of anilines is 2. The monoisotopic (exact) mass is 234 g/mol. The summed E-state index contributed by atoms with van der Waals surface area (Å²) in [5.74, 6) is 0.423. The van der Waals surface area contributed by atoms with Gasteiger partial charge in [0.05, 0.1) is 24.5 Å². The Labute approximate surface area is 92.5 Å². The predicted octanol–water partition coefficient (Wildman–Crippen LogP) is 0.375. The molecule has 0 aliphatic heterocycles. The van der Waals surface area contributed by atoms with Gasteiger partial charge in [-0.25, -0.2) is 8.78 Å². The van der Waals surface area contributed by atoms with Gasteiger partial charge in [-0.1, -0.05) is 0 Å². The minimum atomic E-state index is -2.49. The molecule has 0 saturated carbocycles. The van der Waals surface area contributed by atoms with Crippen LogP contribution in [0.5, 0.6) is 0 Å². The van der Waals surface area contributed by atoms with E-state index in [0.29, 0.717) is 17.2 Å². The number of alkyl halides is 2. The summed E-state index contributed by atoms with van der Waals surface area (Å²) in [7, 11) is 1.63. The van der Waals surface area contributed by atoms with Gasteiger partial charge in [-0.15, -0.1) is 0 Å². The van der Waals surface area contributed by atoms with Crippen LogP contribution in [0.2, 0.25) is 0 Å². The molecular weight excluding hydrogens is 218 g/mol. The van der Waals surface area contributed by atoms with E-state index in [0.717, 1.165) is 0 Å². The Morgan fingerprint density at radius 2 is 2.19 bits per heavy atom. The molecule has 0 amide bonds. The summed E-state index contributed by atoms with van der Waals surface area (Å²) in [6.45, 7) is 1.13. The van der Waals surface area contributed by atoms with Crippen LogP contribution in [0.25, 0.3) is 0 Å². The summed E-state index contributed by atoms with van der Waals surface area (Å²) in [4.78, 5) is 1.33. The quantitative estimate of drug-likeness (QED) is 0.772. The van der Waals surface area contributed by atoms with Crippen LogP contribution in [0.15, 0.2) is 0 Å². The Morgan fingerprint density at radius 3 is 2.56 bits per heavy atom. The lowest BCUT2D eigenvalue weighted by Gasteiger charge is -2.23. The number of halogens is 2. The fourth-order valence-electron chi connectivity index (χ4n) is 1.61. The van der Waals surface area contributed by atoms with Crippen LogP contribution in [0.1, 0.15) is 5.69 Å². The number of aromatic nitrogens is 2. The Hall–Kier alpha value is -1.37. The van der Waals surface area contributed by atoms with Gasteiger partial charge in [0.2, 0.25) is 0 Å². The van der Waals surface area contributed by atoms with Gasteiger partial charge < -0.3 is 15.7 Å². The second kappa shape index (κ2) is 5.11. The van der Waals surface area contributed by atoms with Crippen molar-refractivity contribution in [2.45, 2.75) is 13.3 Å². The van der Waals surface area contributed by atoms with Crippen molar-refractivity contribution in [2.24, 2.45) is 7.05 Å². The molecule has 0 unspecified atom stereocenters. The van der Waals surface area contributed by atoms with E-state index >= 15 is 0 Å². The highest BCUT2D eigenvalue weighted by molar-refractivity contribution is 5.66.